The summed E-state index contributed by atoms with van der Waals surface area (Å²) in [6.07, 6.45) is -3.05. The molecule has 1 rings (SSSR count). The molecule has 1 aromatic carbocycles. The highest BCUT2D eigenvalue weighted by Gasteiger charge is 2.19. The second kappa shape index (κ2) is 5.34. The van der Waals surface area contributed by atoms with Crippen LogP contribution in [0, 0.1) is 5.82 Å². The molecule has 0 fully saturated rings. The normalized spacial score (nSPS) is 12.6. The third-order valence-corrected chi connectivity index (χ3v) is 2.67. The van der Waals surface area contributed by atoms with Crippen LogP contribution in [0.25, 0.3) is 0 Å². The van der Waals surface area contributed by atoms with Crippen LogP contribution >= 0.6 is 15.9 Å². The van der Waals surface area contributed by atoms with Crippen LogP contribution in [0.3, 0.4) is 0 Å². The zero-order valence-electron chi connectivity index (χ0n) is 8.31. The minimum Gasteiger partial charge on any atom is -0.345 e. The Morgan fingerprint density at radius 3 is 2.56 bits per heavy atom. The molecule has 1 N–H and O–H groups in total. The van der Waals surface area contributed by atoms with E-state index in [0.29, 0.717) is 10.0 Å². The highest BCUT2D eigenvalue weighted by Crippen LogP contribution is 2.24. The van der Waals surface area contributed by atoms with Crippen molar-refractivity contribution in [3.8, 4) is 0 Å². The third-order valence-electron chi connectivity index (χ3n) is 1.99. The lowest BCUT2D eigenvalue weighted by atomic mass is 10.1. The Balaban J connectivity index is 2.80. The van der Waals surface area contributed by atoms with Crippen LogP contribution in [0.4, 0.5) is 13.2 Å². The highest BCUT2D eigenvalue weighted by atomic mass is 79.9. The monoisotopic (exact) mass is 295 g/mol. The van der Waals surface area contributed by atoms with Gasteiger partial charge < -0.3 is 5.32 Å². The van der Waals surface area contributed by atoms with E-state index in [4.69, 9.17) is 0 Å². The molecule has 0 heterocycles. The van der Waals surface area contributed by atoms with Crippen molar-refractivity contribution in [3.63, 3.8) is 0 Å². The molecule has 88 valence electrons. The summed E-state index contributed by atoms with van der Waals surface area (Å²) in [7, 11) is 0. The number of rotatable bonds is 3. The Morgan fingerprint density at radius 1 is 1.44 bits per heavy atom. The van der Waals surface area contributed by atoms with Gasteiger partial charge in [0.05, 0.1) is 6.04 Å². The van der Waals surface area contributed by atoms with Crippen LogP contribution in [0.15, 0.2) is 22.7 Å². The van der Waals surface area contributed by atoms with Crippen molar-refractivity contribution in [2.24, 2.45) is 0 Å². The molecule has 0 aliphatic rings. The van der Waals surface area contributed by atoms with Gasteiger partial charge in [-0.25, -0.2) is 4.39 Å². The van der Waals surface area contributed by atoms with Gasteiger partial charge in [-0.3, -0.25) is 4.79 Å². The summed E-state index contributed by atoms with van der Waals surface area (Å²) in [5, 5.41) is 2.11. The fourth-order valence-electron chi connectivity index (χ4n) is 1.21. The van der Waals surface area contributed by atoms with Crippen molar-refractivity contribution in [2.75, 3.05) is 0 Å². The highest BCUT2D eigenvalue weighted by molar-refractivity contribution is 9.10. The first-order valence-corrected chi connectivity index (χ1v) is 5.24. The number of nitrogens with one attached hydrogen (secondary N) is 1. The minimum atomic E-state index is -3.05. The number of benzene rings is 1. The van der Waals surface area contributed by atoms with Crippen LogP contribution in [0.1, 0.15) is 18.5 Å². The van der Waals surface area contributed by atoms with E-state index < -0.39 is 24.2 Å². The predicted molar refractivity (Wildman–Crippen MR) is 56.7 cm³/mol. The van der Waals surface area contributed by atoms with Gasteiger partial charge in [0.25, 0.3) is 5.91 Å². The largest absolute Gasteiger partial charge is 0.345 e. The van der Waals surface area contributed by atoms with Gasteiger partial charge in [0.2, 0.25) is 0 Å². The summed E-state index contributed by atoms with van der Waals surface area (Å²) in [6.45, 7) is 1.54. The summed E-state index contributed by atoms with van der Waals surface area (Å²) in [5.41, 5.74) is 0.537. The quantitative estimate of drug-likeness (QED) is 0.912. The molecule has 6 heteroatoms. The molecule has 1 aromatic rings. The molecule has 0 aliphatic heterocycles. The van der Waals surface area contributed by atoms with Gasteiger partial charge in [0, 0.05) is 4.47 Å². The molecule has 0 saturated carbocycles. The topological polar surface area (TPSA) is 29.1 Å². The van der Waals surface area contributed by atoms with Gasteiger partial charge in [-0.1, -0.05) is 22.0 Å². The zero-order valence-corrected chi connectivity index (χ0v) is 9.89. The molecule has 0 saturated heterocycles. The van der Waals surface area contributed by atoms with Gasteiger partial charge in [0.15, 0.2) is 0 Å². The second-order valence-corrected chi connectivity index (χ2v) is 4.05. The van der Waals surface area contributed by atoms with E-state index in [1.54, 1.807) is 0 Å². The van der Waals surface area contributed by atoms with E-state index in [0.717, 1.165) is 0 Å². The van der Waals surface area contributed by atoms with E-state index >= 15 is 0 Å². The Morgan fingerprint density at radius 2 is 2.06 bits per heavy atom. The molecule has 0 radical (unpaired) electrons. The van der Waals surface area contributed by atoms with Crippen LogP contribution in [-0.4, -0.2) is 12.3 Å². The van der Waals surface area contributed by atoms with Gasteiger partial charge in [-0.05, 0) is 24.6 Å². The SMILES string of the molecule is CC(NC(=O)C(F)F)c1ccc(F)cc1Br. The van der Waals surface area contributed by atoms with Crippen molar-refractivity contribution in [1.29, 1.82) is 0 Å². The molecule has 1 atom stereocenters. The first-order valence-electron chi connectivity index (χ1n) is 4.45. The number of carbonyl (C=O) groups is 1. The predicted octanol–water partition coefficient (Wildman–Crippen LogP) is 3.03. The first kappa shape index (κ1) is 13.0. The number of alkyl halides is 2. The number of amides is 1. The van der Waals surface area contributed by atoms with Crippen LogP contribution in [0.5, 0.6) is 0 Å². The smallest absolute Gasteiger partial charge is 0.315 e. The summed E-state index contributed by atoms with van der Waals surface area (Å²) >= 11 is 3.10. The molecule has 16 heavy (non-hydrogen) atoms. The van der Waals surface area contributed by atoms with Crippen molar-refractivity contribution in [1.82, 2.24) is 5.32 Å². The number of carbonyl (C=O) groups excluding carboxylic acids is 1. The van der Waals surface area contributed by atoms with Crippen molar-refractivity contribution >= 4 is 21.8 Å². The third kappa shape index (κ3) is 3.23. The van der Waals surface area contributed by atoms with E-state index in [1.165, 1.54) is 25.1 Å². The van der Waals surface area contributed by atoms with Gasteiger partial charge in [-0.2, -0.15) is 8.78 Å². The Hall–Kier alpha value is -1.04. The van der Waals surface area contributed by atoms with E-state index in [1.807, 2.05) is 0 Å². The average Bonchev–Trinajstić information content (AvgIpc) is 2.16. The minimum absolute atomic E-state index is 0.426. The van der Waals surface area contributed by atoms with Gasteiger partial charge in [0.1, 0.15) is 5.82 Å². The molecule has 0 bridgehead atoms. The van der Waals surface area contributed by atoms with Gasteiger partial charge in [-0.15, -0.1) is 0 Å². The van der Waals surface area contributed by atoms with E-state index in [9.17, 15) is 18.0 Å². The molecule has 2 nitrogen and oxygen atoms in total. The molecule has 0 spiro atoms. The van der Waals surface area contributed by atoms with Crippen molar-refractivity contribution < 1.29 is 18.0 Å². The maximum atomic E-state index is 12.8. The van der Waals surface area contributed by atoms with Gasteiger partial charge >= 0.3 is 6.43 Å². The van der Waals surface area contributed by atoms with Crippen molar-refractivity contribution in [3.05, 3.63) is 34.1 Å². The molecule has 0 aliphatic carbocycles. The molecule has 0 aromatic heterocycles. The number of hydrogen-bond donors (Lipinski definition) is 1. The standard InChI is InChI=1S/C10H9BrF3NO/c1-5(15-10(16)9(13)14)7-3-2-6(12)4-8(7)11/h2-5,9H,1H3,(H,15,16). The fourth-order valence-corrected chi connectivity index (χ4v) is 1.90. The summed E-state index contributed by atoms with van der Waals surface area (Å²) in [5.74, 6) is -1.79. The lowest BCUT2D eigenvalue weighted by molar-refractivity contribution is -0.132. The number of hydrogen-bond acceptors (Lipinski definition) is 1. The van der Waals surface area contributed by atoms with Crippen LogP contribution in [0.2, 0.25) is 0 Å². The second-order valence-electron chi connectivity index (χ2n) is 3.20. The molecule has 1 unspecified atom stereocenters. The molecular weight excluding hydrogens is 287 g/mol. The Labute approximate surface area is 99.0 Å². The van der Waals surface area contributed by atoms with Crippen LogP contribution in [-0.2, 0) is 4.79 Å². The lowest BCUT2D eigenvalue weighted by Gasteiger charge is -2.15. The van der Waals surface area contributed by atoms with Crippen molar-refractivity contribution in [2.45, 2.75) is 19.4 Å². The molecule has 1 amide bonds. The summed E-state index contributed by atoms with van der Waals surface area (Å²) in [4.78, 5) is 10.8. The maximum Gasteiger partial charge on any atom is 0.315 e. The lowest BCUT2D eigenvalue weighted by Crippen LogP contribution is -2.32. The van der Waals surface area contributed by atoms with Crippen LogP contribution < -0.4 is 5.32 Å². The Bertz CT molecular complexity index is 398. The summed E-state index contributed by atoms with van der Waals surface area (Å²) < 4.78 is 37.2. The molecular formula is C10H9BrF3NO. The average molecular weight is 296 g/mol. The fraction of sp³-hybridized carbons (Fsp3) is 0.300. The maximum absolute atomic E-state index is 12.8. The van der Waals surface area contributed by atoms with E-state index in [2.05, 4.69) is 21.2 Å². The first-order chi connectivity index (χ1) is 7.41. The zero-order chi connectivity index (χ0) is 12.3. The summed E-state index contributed by atoms with van der Waals surface area (Å²) in [6, 6.07) is 3.22. The van der Waals surface area contributed by atoms with E-state index in [-0.39, 0.29) is 0 Å². The Kier molecular flexibility index (Phi) is 4.35. The number of halogens is 4.